The van der Waals surface area contributed by atoms with Crippen LogP contribution in [0.25, 0.3) is 0 Å². The SMILES string of the molecule is OC1(Cn2ccnn2)CCCN(CCc2cccnc2)C1. The van der Waals surface area contributed by atoms with Gasteiger partial charge in [0.15, 0.2) is 0 Å². The molecule has 2 aromatic rings. The van der Waals surface area contributed by atoms with Crippen LogP contribution >= 0.6 is 0 Å². The molecule has 6 heteroatoms. The lowest BCUT2D eigenvalue weighted by Gasteiger charge is -2.39. The van der Waals surface area contributed by atoms with Crippen LogP contribution in [-0.4, -0.2) is 55.2 Å². The van der Waals surface area contributed by atoms with Crippen LogP contribution in [0.1, 0.15) is 18.4 Å². The van der Waals surface area contributed by atoms with Crippen molar-refractivity contribution in [3.05, 3.63) is 42.5 Å². The molecule has 0 bridgehead atoms. The molecule has 112 valence electrons. The lowest BCUT2D eigenvalue weighted by molar-refractivity contribution is -0.0452. The smallest absolute Gasteiger partial charge is 0.0969 e. The van der Waals surface area contributed by atoms with Crippen LogP contribution in [0.3, 0.4) is 0 Å². The van der Waals surface area contributed by atoms with E-state index in [9.17, 15) is 5.11 Å². The molecule has 6 nitrogen and oxygen atoms in total. The largest absolute Gasteiger partial charge is 0.387 e. The van der Waals surface area contributed by atoms with E-state index in [1.165, 1.54) is 5.56 Å². The Labute approximate surface area is 124 Å². The number of piperidine rings is 1. The van der Waals surface area contributed by atoms with Crippen molar-refractivity contribution in [3.8, 4) is 0 Å². The molecule has 1 saturated heterocycles. The molecule has 2 aromatic heterocycles. The predicted octanol–water partition coefficient (Wildman–Crippen LogP) is 0.743. The van der Waals surface area contributed by atoms with Crippen LogP contribution in [0.4, 0.5) is 0 Å². The lowest BCUT2D eigenvalue weighted by atomic mass is 9.92. The van der Waals surface area contributed by atoms with E-state index in [4.69, 9.17) is 0 Å². The summed E-state index contributed by atoms with van der Waals surface area (Å²) in [5.41, 5.74) is 0.531. The van der Waals surface area contributed by atoms with E-state index in [0.717, 1.165) is 32.4 Å². The van der Waals surface area contributed by atoms with Crippen LogP contribution in [-0.2, 0) is 13.0 Å². The van der Waals surface area contributed by atoms with Gasteiger partial charge in [-0.25, -0.2) is 4.68 Å². The molecule has 0 aromatic carbocycles. The zero-order valence-corrected chi connectivity index (χ0v) is 12.1. The molecule has 0 radical (unpaired) electrons. The Bertz CT molecular complexity index is 544. The number of β-amino-alcohol motifs (C(OH)–C–C–N with tert-alkyl or cyclic N) is 1. The summed E-state index contributed by atoms with van der Waals surface area (Å²) >= 11 is 0. The Morgan fingerprint density at radius 3 is 3.05 bits per heavy atom. The molecule has 1 aliphatic heterocycles. The first-order chi connectivity index (χ1) is 10.2. The molecule has 1 atom stereocenters. The van der Waals surface area contributed by atoms with E-state index >= 15 is 0 Å². The van der Waals surface area contributed by atoms with Gasteiger partial charge in [0.2, 0.25) is 0 Å². The molecular formula is C15H21N5O. The maximum atomic E-state index is 10.8. The highest BCUT2D eigenvalue weighted by Crippen LogP contribution is 2.23. The van der Waals surface area contributed by atoms with Gasteiger partial charge in [0.1, 0.15) is 0 Å². The molecule has 1 aliphatic rings. The minimum absolute atomic E-state index is 0.510. The Balaban J connectivity index is 1.55. The summed E-state index contributed by atoms with van der Waals surface area (Å²) in [6, 6.07) is 4.06. The maximum absolute atomic E-state index is 10.8. The van der Waals surface area contributed by atoms with Crippen LogP contribution in [0.5, 0.6) is 0 Å². The van der Waals surface area contributed by atoms with Crippen LogP contribution in [0.15, 0.2) is 36.9 Å². The molecule has 1 unspecified atom stereocenters. The minimum Gasteiger partial charge on any atom is -0.387 e. The third-order valence-electron chi connectivity index (χ3n) is 4.00. The first kappa shape index (κ1) is 14.2. The van der Waals surface area contributed by atoms with E-state index < -0.39 is 5.60 Å². The van der Waals surface area contributed by atoms with Gasteiger partial charge in [0.25, 0.3) is 0 Å². The van der Waals surface area contributed by atoms with Gasteiger partial charge in [-0.3, -0.25) is 4.98 Å². The number of pyridine rings is 1. The van der Waals surface area contributed by atoms with E-state index in [1.807, 2.05) is 12.3 Å². The quantitative estimate of drug-likeness (QED) is 0.878. The van der Waals surface area contributed by atoms with Gasteiger partial charge in [-0.1, -0.05) is 11.3 Å². The van der Waals surface area contributed by atoms with Crippen LogP contribution in [0.2, 0.25) is 0 Å². The fourth-order valence-electron chi connectivity index (χ4n) is 2.98. The topological polar surface area (TPSA) is 67.1 Å². The second-order valence-electron chi connectivity index (χ2n) is 5.82. The van der Waals surface area contributed by atoms with E-state index in [1.54, 1.807) is 23.3 Å². The second-order valence-corrected chi connectivity index (χ2v) is 5.82. The summed E-state index contributed by atoms with van der Waals surface area (Å²) in [5, 5.41) is 18.5. The molecule has 0 amide bonds. The number of hydrogen-bond acceptors (Lipinski definition) is 5. The number of rotatable bonds is 5. The van der Waals surface area contributed by atoms with Crippen molar-refractivity contribution in [3.63, 3.8) is 0 Å². The molecule has 0 saturated carbocycles. The minimum atomic E-state index is -0.707. The van der Waals surface area contributed by atoms with Crippen molar-refractivity contribution >= 4 is 0 Å². The fraction of sp³-hybridized carbons (Fsp3) is 0.533. The van der Waals surface area contributed by atoms with Gasteiger partial charge in [-0.15, -0.1) is 5.10 Å². The number of aromatic nitrogens is 4. The standard InChI is InChI=1S/C15H21N5O/c21-15(13-20-10-7-17-18-20)5-2-8-19(12-15)9-4-14-3-1-6-16-11-14/h1,3,6-7,10-11,21H,2,4-5,8-9,12-13H2. The highest BCUT2D eigenvalue weighted by Gasteiger charge is 2.33. The summed E-state index contributed by atoms with van der Waals surface area (Å²) in [4.78, 5) is 6.47. The molecule has 0 spiro atoms. The molecular weight excluding hydrogens is 266 g/mol. The van der Waals surface area contributed by atoms with Gasteiger partial charge in [0.05, 0.1) is 18.3 Å². The summed E-state index contributed by atoms with van der Waals surface area (Å²) < 4.78 is 1.71. The zero-order valence-electron chi connectivity index (χ0n) is 12.1. The van der Waals surface area contributed by atoms with Crippen molar-refractivity contribution < 1.29 is 5.11 Å². The highest BCUT2D eigenvalue weighted by atomic mass is 16.3. The summed E-state index contributed by atoms with van der Waals surface area (Å²) in [6.45, 7) is 3.19. The van der Waals surface area contributed by atoms with Crippen molar-refractivity contribution in [1.82, 2.24) is 24.9 Å². The second kappa shape index (κ2) is 6.32. The number of likely N-dealkylation sites (tertiary alicyclic amines) is 1. The van der Waals surface area contributed by atoms with Gasteiger partial charge >= 0.3 is 0 Å². The average molecular weight is 287 g/mol. The first-order valence-electron chi connectivity index (χ1n) is 7.41. The normalized spacial score (nSPS) is 23.3. The third-order valence-corrected chi connectivity index (χ3v) is 4.00. The Hall–Kier alpha value is -1.79. The van der Waals surface area contributed by atoms with Crippen LogP contribution < -0.4 is 0 Å². The highest BCUT2D eigenvalue weighted by molar-refractivity contribution is 5.08. The Morgan fingerprint density at radius 2 is 2.29 bits per heavy atom. The first-order valence-corrected chi connectivity index (χ1v) is 7.41. The van der Waals surface area contributed by atoms with Gasteiger partial charge in [0, 0.05) is 31.7 Å². The fourth-order valence-corrected chi connectivity index (χ4v) is 2.98. The molecule has 3 heterocycles. The van der Waals surface area contributed by atoms with Crippen molar-refractivity contribution in [1.29, 1.82) is 0 Å². The number of aliphatic hydroxyl groups is 1. The summed E-state index contributed by atoms with van der Waals surface area (Å²) in [5.74, 6) is 0. The summed E-state index contributed by atoms with van der Waals surface area (Å²) in [6.07, 6.45) is 9.94. The Kier molecular flexibility index (Phi) is 4.26. The van der Waals surface area contributed by atoms with E-state index in [0.29, 0.717) is 13.1 Å². The van der Waals surface area contributed by atoms with Gasteiger partial charge < -0.3 is 10.0 Å². The molecule has 3 rings (SSSR count). The van der Waals surface area contributed by atoms with Crippen molar-refractivity contribution in [2.45, 2.75) is 31.4 Å². The van der Waals surface area contributed by atoms with Crippen LogP contribution in [0, 0.1) is 0 Å². The van der Waals surface area contributed by atoms with Gasteiger partial charge in [-0.05, 0) is 37.4 Å². The third kappa shape index (κ3) is 3.86. The number of nitrogens with zero attached hydrogens (tertiary/aromatic N) is 5. The molecule has 1 fully saturated rings. The maximum Gasteiger partial charge on any atom is 0.0969 e. The van der Waals surface area contributed by atoms with E-state index in [-0.39, 0.29) is 0 Å². The average Bonchev–Trinajstić information content (AvgIpc) is 2.98. The van der Waals surface area contributed by atoms with Gasteiger partial charge in [-0.2, -0.15) is 0 Å². The van der Waals surface area contributed by atoms with Crippen molar-refractivity contribution in [2.75, 3.05) is 19.6 Å². The summed E-state index contributed by atoms with van der Waals surface area (Å²) in [7, 11) is 0. The predicted molar refractivity (Wildman–Crippen MR) is 78.6 cm³/mol. The monoisotopic (exact) mass is 287 g/mol. The molecule has 1 N–H and O–H groups in total. The number of hydrogen-bond donors (Lipinski definition) is 1. The molecule has 21 heavy (non-hydrogen) atoms. The van der Waals surface area contributed by atoms with E-state index in [2.05, 4.69) is 26.3 Å². The lowest BCUT2D eigenvalue weighted by Crippen LogP contribution is -2.51. The Morgan fingerprint density at radius 1 is 1.33 bits per heavy atom. The van der Waals surface area contributed by atoms with Crippen molar-refractivity contribution in [2.24, 2.45) is 0 Å². The molecule has 0 aliphatic carbocycles. The zero-order chi connectivity index (χ0) is 14.5.